The van der Waals surface area contributed by atoms with E-state index in [1.165, 1.54) is 0 Å². The lowest BCUT2D eigenvalue weighted by Crippen LogP contribution is -2.04. The van der Waals surface area contributed by atoms with Crippen LogP contribution in [0.4, 0.5) is 26.0 Å². The van der Waals surface area contributed by atoms with Crippen molar-refractivity contribution < 1.29 is 8.78 Å². The fourth-order valence-electron chi connectivity index (χ4n) is 1.25. The average molecular weight is 336 g/mol. The van der Waals surface area contributed by atoms with Gasteiger partial charge in [-0.3, -0.25) is 0 Å². The predicted molar refractivity (Wildman–Crippen MR) is 68.8 cm³/mol. The van der Waals surface area contributed by atoms with Crippen molar-refractivity contribution in [2.45, 2.75) is 0 Å². The molecule has 1 aromatic heterocycles. The molecule has 4 nitrogen and oxygen atoms in total. The summed E-state index contributed by atoms with van der Waals surface area (Å²) in [4.78, 5) is 7.40. The second kappa shape index (κ2) is 5.03. The van der Waals surface area contributed by atoms with Crippen molar-refractivity contribution in [3.8, 4) is 0 Å². The van der Waals surface area contributed by atoms with Gasteiger partial charge in [0.1, 0.15) is 17.7 Å². The Balaban J connectivity index is 2.43. The Hall–Kier alpha value is -1.47. The van der Waals surface area contributed by atoms with Crippen LogP contribution in [0.3, 0.4) is 0 Å². The molecule has 0 aliphatic rings. The maximum absolute atomic E-state index is 13.6. The van der Waals surface area contributed by atoms with Crippen LogP contribution < -0.4 is 11.1 Å². The van der Waals surface area contributed by atoms with Gasteiger partial charge in [0, 0.05) is 4.47 Å². The summed E-state index contributed by atoms with van der Waals surface area (Å²) in [6, 6.07) is 2.23. The third-order valence-corrected chi connectivity index (χ3v) is 2.84. The van der Waals surface area contributed by atoms with Crippen LogP contribution in [0.25, 0.3) is 0 Å². The van der Waals surface area contributed by atoms with Gasteiger partial charge in [-0.15, -0.1) is 0 Å². The molecule has 0 spiro atoms. The third kappa shape index (κ3) is 2.51. The molecule has 8 heteroatoms. The first-order valence-electron chi connectivity index (χ1n) is 4.66. The highest BCUT2D eigenvalue weighted by atomic mass is 79.9. The highest BCUT2D eigenvalue weighted by Crippen LogP contribution is 2.29. The molecular formula is C10H6BrClF2N4. The lowest BCUT2D eigenvalue weighted by atomic mass is 10.3. The molecule has 1 heterocycles. The SMILES string of the molecule is Nc1c(Cl)ncnc1Nc1c(F)cc(Br)cc1F. The van der Waals surface area contributed by atoms with Gasteiger partial charge in [-0.25, -0.2) is 18.7 Å². The van der Waals surface area contributed by atoms with Crippen molar-refractivity contribution >= 4 is 44.7 Å². The second-order valence-electron chi connectivity index (χ2n) is 3.30. The molecule has 0 unspecified atom stereocenters. The Morgan fingerprint density at radius 1 is 1.22 bits per heavy atom. The monoisotopic (exact) mass is 334 g/mol. The first-order chi connectivity index (χ1) is 8.49. The van der Waals surface area contributed by atoms with Crippen LogP contribution in [-0.2, 0) is 0 Å². The van der Waals surface area contributed by atoms with Crippen molar-refractivity contribution in [2.24, 2.45) is 0 Å². The first-order valence-corrected chi connectivity index (χ1v) is 5.83. The molecule has 18 heavy (non-hydrogen) atoms. The summed E-state index contributed by atoms with van der Waals surface area (Å²) in [6.45, 7) is 0. The van der Waals surface area contributed by atoms with Gasteiger partial charge < -0.3 is 11.1 Å². The van der Waals surface area contributed by atoms with E-state index >= 15 is 0 Å². The number of rotatable bonds is 2. The molecule has 0 bridgehead atoms. The number of nitrogens with zero attached hydrogens (tertiary/aromatic N) is 2. The molecule has 94 valence electrons. The maximum Gasteiger partial charge on any atom is 0.158 e. The van der Waals surface area contributed by atoms with E-state index in [4.69, 9.17) is 17.3 Å². The topological polar surface area (TPSA) is 63.8 Å². The van der Waals surface area contributed by atoms with Gasteiger partial charge >= 0.3 is 0 Å². The molecule has 0 fully saturated rings. The van der Waals surface area contributed by atoms with E-state index in [9.17, 15) is 8.78 Å². The number of anilines is 3. The van der Waals surface area contributed by atoms with Crippen LogP contribution in [-0.4, -0.2) is 9.97 Å². The maximum atomic E-state index is 13.6. The molecule has 0 aliphatic carbocycles. The van der Waals surface area contributed by atoms with E-state index < -0.39 is 11.6 Å². The van der Waals surface area contributed by atoms with Gasteiger partial charge in [0.25, 0.3) is 0 Å². The second-order valence-corrected chi connectivity index (χ2v) is 4.57. The summed E-state index contributed by atoms with van der Waals surface area (Å²) in [5.74, 6) is -1.53. The number of aromatic nitrogens is 2. The van der Waals surface area contributed by atoms with Crippen LogP contribution in [0.15, 0.2) is 22.9 Å². The smallest absolute Gasteiger partial charge is 0.158 e. The minimum atomic E-state index is -0.781. The van der Waals surface area contributed by atoms with Gasteiger partial charge in [0.15, 0.2) is 22.6 Å². The highest BCUT2D eigenvalue weighted by Gasteiger charge is 2.14. The van der Waals surface area contributed by atoms with Crippen LogP contribution in [0.5, 0.6) is 0 Å². The van der Waals surface area contributed by atoms with E-state index in [2.05, 4.69) is 31.2 Å². The standard InChI is InChI=1S/C10H6BrClF2N4/c11-4-1-5(13)8(6(14)2-4)18-10-7(15)9(12)16-3-17-10/h1-3H,15H2,(H,16,17,18). The summed E-state index contributed by atoms with van der Waals surface area (Å²) in [5, 5.41) is 2.45. The predicted octanol–water partition coefficient (Wildman–Crippen LogP) is 3.50. The Morgan fingerprint density at radius 2 is 1.83 bits per heavy atom. The molecule has 0 aliphatic heterocycles. The van der Waals surface area contributed by atoms with E-state index in [0.29, 0.717) is 0 Å². The molecule has 0 atom stereocenters. The van der Waals surface area contributed by atoms with Gasteiger partial charge in [0.05, 0.1) is 0 Å². The molecule has 3 N–H and O–H groups in total. The Morgan fingerprint density at radius 3 is 2.44 bits per heavy atom. The molecule has 0 radical (unpaired) electrons. The zero-order valence-electron chi connectivity index (χ0n) is 8.72. The molecule has 0 amide bonds. The number of benzene rings is 1. The van der Waals surface area contributed by atoms with Crippen molar-refractivity contribution in [2.75, 3.05) is 11.1 Å². The molecule has 2 aromatic rings. The van der Waals surface area contributed by atoms with Gasteiger partial charge in [-0.1, -0.05) is 27.5 Å². The minimum absolute atomic E-state index is 0.00503. The van der Waals surface area contributed by atoms with Crippen molar-refractivity contribution in [1.82, 2.24) is 9.97 Å². The first kappa shape index (κ1) is 13.0. The van der Waals surface area contributed by atoms with E-state index in [-0.39, 0.29) is 26.8 Å². The lowest BCUT2D eigenvalue weighted by Gasteiger charge is -2.10. The van der Waals surface area contributed by atoms with E-state index in [1.54, 1.807) is 0 Å². The summed E-state index contributed by atoms with van der Waals surface area (Å²) >= 11 is 8.65. The van der Waals surface area contributed by atoms with E-state index in [0.717, 1.165) is 18.5 Å². The number of nitrogens with two attached hydrogens (primary N) is 1. The Kier molecular flexibility index (Phi) is 3.63. The average Bonchev–Trinajstić information content (AvgIpc) is 2.28. The molecule has 2 rings (SSSR count). The molecule has 1 aromatic carbocycles. The molecule has 0 saturated heterocycles. The van der Waals surface area contributed by atoms with Crippen LogP contribution >= 0.6 is 27.5 Å². The zero-order chi connectivity index (χ0) is 13.3. The van der Waals surface area contributed by atoms with Crippen molar-refractivity contribution in [1.29, 1.82) is 0 Å². The van der Waals surface area contributed by atoms with Crippen molar-refractivity contribution in [3.63, 3.8) is 0 Å². The lowest BCUT2D eigenvalue weighted by molar-refractivity contribution is 0.589. The van der Waals surface area contributed by atoms with Gasteiger partial charge in [-0.2, -0.15) is 0 Å². The molecular weight excluding hydrogens is 329 g/mol. The zero-order valence-corrected chi connectivity index (χ0v) is 11.1. The fourth-order valence-corrected chi connectivity index (χ4v) is 1.79. The van der Waals surface area contributed by atoms with Crippen LogP contribution in [0, 0.1) is 11.6 Å². The number of nitrogens with one attached hydrogen (secondary N) is 1. The number of hydrogen-bond donors (Lipinski definition) is 2. The molecule has 0 saturated carbocycles. The summed E-state index contributed by atoms with van der Waals surface area (Å²) in [5.41, 5.74) is 5.24. The number of hydrogen-bond acceptors (Lipinski definition) is 4. The fraction of sp³-hybridized carbons (Fsp3) is 0. The van der Waals surface area contributed by atoms with Crippen LogP contribution in [0.1, 0.15) is 0 Å². The minimum Gasteiger partial charge on any atom is -0.393 e. The normalized spacial score (nSPS) is 10.4. The van der Waals surface area contributed by atoms with Gasteiger partial charge in [-0.05, 0) is 12.1 Å². The Labute approximate surface area is 114 Å². The van der Waals surface area contributed by atoms with Gasteiger partial charge in [0.2, 0.25) is 0 Å². The largest absolute Gasteiger partial charge is 0.393 e. The summed E-state index contributed by atoms with van der Waals surface area (Å²) in [7, 11) is 0. The van der Waals surface area contributed by atoms with Crippen molar-refractivity contribution in [3.05, 3.63) is 39.7 Å². The Bertz CT molecular complexity index is 585. The number of nitrogen functional groups attached to an aromatic ring is 1. The van der Waals surface area contributed by atoms with Crippen LogP contribution in [0.2, 0.25) is 5.15 Å². The highest BCUT2D eigenvalue weighted by molar-refractivity contribution is 9.10. The summed E-state index contributed by atoms with van der Waals surface area (Å²) < 4.78 is 27.4. The number of halogens is 4. The quantitative estimate of drug-likeness (QED) is 0.825. The van der Waals surface area contributed by atoms with E-state index in [1.807, 2.05) is 0 Å². The summed E-state index contributed by atoms with van der Waals surface area (Å²) in [6.07, 6.45) is 1.13. The third-order valence-electron chi connectivity index (χ3n) is 2.09.